The van der Waals surface area contributed by atoms with Gasteiger partial charge in [0.25, 0.3) is 0 Å². The van der Waals surface area contributed by atoms with Crippen molar-refractivity contribution in [2.75, 3.05) is 6.61 Å². The number of nitrogens with one attached hydrogen (secondary N) is 1. The Morgan fingerprint density at radius 2 is 1.95 bits per heavy atom. The average Bonchev–Trinajstić information content (AvgIpc) is 2.88. The van der Waals surface area contributed by atoms with Crippen molar-refractivity contribution in [3.63, 3.8) is 0 Å². The summed E-state index contributed by atoms with van der Waals surface area (Å²) in [6.45, 7) is 0.738. The molecule has 20 heavy (non-hydrogen) atoms. The van der Waals surface area contributed by atoms with E-state index in [0.29, 0.717) is 0 Å². The molecule has 0 bridgehead atoms. The van der Waals surface area contributed by atoms with Gasteiger partial charge in [-0.25, -0.2) is 4.39 Å². The minimum atomic E-state index is -0.259. The molecular formula is C16H20FNO2. The summed E-state index contributed by atoms with van der Waals surface area (Å²) in [5, 5.41) is 3.11. The molecule has 0 aromatic heterocycles. The van der Waals surface area contributed by atoms with Crippen LogP contribution >= 0.6 is 0 Å². The summed E-state index contributed by atoms with van der Waals surface area (Å²) in [6, 6.07) is 6.19. The summed E-state index contributed by atoms with van der Waals surface area (Å²) in [7, 11) is 0. The van der Waals surface area contributed by atoms with E-state index in [0.717, 1.165) is 44.3 Å². The van der Waals surface area contributed by atoms with Crippen molar-refractivity contribution >= 4 is 5.91 Å². The SMILES string of the molecule is O=C(N[C@H](c1ccc(F)cc1)[C@@H]1CCCO1)C1CCC1. The van der Waals surface area contributed by atoms with E-state index >= 15 is 0 Å². The molecule has 1 amide bonds. The zero-order chi connectivity index (χ0) is 13.9. The van der Waals surface area contributed by atoms with Gasteiger partial charge in [-0.05, 0) is 43.4 Å². The van der Waals surface area contributed by atoms with E-state index in [2.05, 4.69) is 5.32 Å². The first-order valence-corrected chi connectivity index (χ1v) is 7.41. The second-order valence-electron chi connectivity index (χ2n) is 5.72. The lowest BCUT2D eigenvalue weighted by Gasteiger charge is -2.30. The molecule has 0 radical (unpaired) electrons. The molecule has 0 spiro atoms. The normalized spacial score (nSPS) is 24.1. The van der Waals surface area contributed by atoms with Gasteiger partial charge >= 0.3 is 0 Å². The molecule has 1 saturated carbocycles. The Kier molecular flexibility index (Phi) is 4.01. The van der Waals surface area contributed by atoms with Crippen LogP contribution in [-0.2, 0) is 9.53 Å². The molecule has 1 aromatic carbocycles. The fourth-order valence-corrected chi connectivity index (χ4v) is 2.87. The number of halogens is 1. The number of ether oxygens (including phenoxy) is 1. The molecule has 1 saturated heterocycles. The molecule has 2 aliphatic rings. The minimum Gasteiger partial charge on any atom is -0.376 e. The predicted molar refractivity (Wildman–Crippen MR) is 73.6 cm³/mol. The monoisotopic (exact) mass is 277 g/mol. The van der Waals surface area contributed by atoms with Gasteiger partial charge in [0.15, 0.2) is 0 Å². The summed E-state index contributed by atoms with van der Waals surface area (Å²) < 4.78 is 18.8. The third-order valence-corrected chi connectivity index (χ3v) is 4.34. The van der Waals surface area contributed by atoms with E-state index in [1.165, 1.54) is 12.1 Å². The van der Waals surface area contributed by atoms with Crippen molar-refractivity contribution in [1.82, 2.24) is 5.32 Å². The standard InChI is InChI=1S/C16H20FNO2/c17-13-8-6-11(7-9-13)15(14-5-2-10-20-14)18-16(19)12-3-1-4-12/h6-9,12,14-15H,1-5,10H2,(H,18,19)/t14-,15+/m0/s1. The Morgan fingerprint density at radius 3 is 2.50 bits per heavy atom. The van der Waals surface area contributed by atoms with E-state index in [1.807, 2.05) is 0 Å². The van der Waals surface area contributed by atoms with Crippen LogP contribution in [0.5, 0.6) is 0 Å². The Balaban J connectivity index is 1.75. The Labute approximate surface area is 118 Å². The van der Waals surface area contributed by atoms with Crippen LogP contribution in [0.2, 0.25) is 0 Å². The molecule has 108 valence electrons. The van der Waals surface area contributed by atoms with Gasteiger partial charge in [0.05, 0.1) is 12.1 Å². The maximum Gasteiger partial charge on any atom is 0.223 e. The van der Waals surface area contributed by atoms with Crippen LogP contribution in [0.3, 0.4) is 0 Å². The van der Waals surface area contributed by atoms with Crippen LogP contribution in [-0.4, -0.2) is 18.6 Å². The van der Waals surface area contributed by atoms with Crippen molar-refractivity contribution in [3.8, 4) is 0 Å². The van der Waals surface area contributed by atoms with Gasteiger partial charge in [0.1, 0.15) is 5.82 Å². The second kappa shape index (κ2) is 5.92. The minimum absolute atomic E-state index is 0.00416. The quantitative estimate of drug-likeness (QED) is 0.919. The van der Waals surface area contributed by atoms with Crippen molar-refractivity contribution < 1.29 is 13.9 Å². The average molecular weight is 277 g/mol. The van der Waals surface area contributed by atoms with Gasteiger partial charge in [-0.15, -0.1) is 0 Å². The fourth-order valence-electron chi connectivity index (χ4n) is 2.87. The molecule has 1 aromatic rings. The van der Waals surface area contributed by atoms with E-state index in [9.17, 15) is 9.18 Å². The molecular weight excluding hydrogens is 257 g/mol. The molecule has 3 nitrogen and oxygen atoms in total. The van der Waals surface area contributed by atoms with Gasteiger partial charge in [-0.2, -0.15) is 0 Å². The van der Waals surface area contributed by atoms with Gasteiger partial charge in [0, 0.05) is 12.5 Å². The molecule has 4 heteroatoms. The van der Waals surface area contributed by atoms with Gasteiger partial charge in [-0.3, -0.25) is 4.79 Å². The number of hydrogen-bond donors (Lipinski definition) is 1. The molecule has 1 heterocycles. The molecule has 3 rings (SSSR count). The maximum absolute atomic E-state index is 13.1. The highest BCUT2D eigenvalue weighted by atomic mass is 19.1. The Hall–Kier alpha value is -1.42. The van der Waals surface area contributed by atoms with E-state index in [-0.39, 0.29) is 29.8 Å². The summed E-state index contributed by atoms with van der Waals surface area (Å²) in [6.07, 6.45) is 5.05. The molecule has 2 atom stereocenters. The van der Waals surface area contributed by atoms with Crippen molar-refractivity contribution in [1.29, 1.82) is 0 Å². The second-order valence-corrected chi connectivity index (χ2v) is 5.72. The van der Waals surface area contributed by atoms with Gasteiger partial charge < -0.3 is 10.1 Å². The molecule has 1 aliphatic heterocycles. The van der Waals surface area contributed by atoms with Crippen LogP contribution in [0.4, 0.5) is 4.39 Å². The van der Waals surface area contributed by atoms with Gasteiger partial charge in [-0.1, -0.05) is 18.6 Å². The largest absolute Gasteiger partial charge is 0.376 e. The van der Waals surface area contributed by atoms with Crippen LogP contribution in [0.1, 0.15) is 43.7 Å². The number of hydrogen-bond acceptors (Lipinski definition) is 2. The summed E-state index contributed by atoms with van der Waals surface area (Å²) in [5.74, 6) is 0.00517. The highest BCUT2D eigenvalue weighted by Crippen LogP contribution is 2.30. The number of carbonyl (C=O) groups excluding carboxylic acids is 1. The first-order valence-electron chi connectivity index (χ1n) is 7.41. The Bertz CT molecular complexity index is 464. The van der Waals surface area contributed by atoms with Crippen LogP contribution in [0.25, 0.3) is 0 Å². The third-order valence-electron chi connectivity index (χ3n) is 4.34. The van der Waals surface area contributed by atoms with Crippen molar-refractivity contribution in [3.05, 3.63) is 35.6 Å². The van der Waals surface area contributed by atoms with Crippen LogP contribution in [0.15, 0.2) is 24.3 Å². The van der Waals surface area contributed by atoms with Crippen molar-refractivity contribution in [2.24, 2.45) is 5.92 Å². The summed E-state index contributed by atoms with van der Waals surface area (Å²) >= 11 is 0. The zero-order valence-corrected chi connectivity index (χ0v) is 11.5. The number of rotatable bonds is 4. The van der Waals surface area contributed by atoms with Crippen LogP contribution < -0.4 is 5.32 Å². The Morgan fingerprint density at radius 1 is 1.20 bits per heavy atom. The highest BCUT2D eigenvalue weighted by molar-refractivity contribution is 5.79. The molecule has 0 unspecified atom stereocenters. The smallest absolute Gasteiger partial charge is 0.223 e. The van der Waals surface area contributed by atoms with E-state index in [4.69, 9.17) is 4.74 Å². The molecule has 1 aliphatic carbocycles. The first kappa shape index (κ1) is 13.6. The summed E-state index contributed by atoms with van der Waals surface area (Å²) in [5.41, 5.74) is 0.922. The zero-order valence-electron chi connectivity index (χ0n) is 11.5. The maximum atomic E-state index is 13.1. The van der Waals surface area contributed by atoms with E-state index < -0.39 is 0 Å². The predicted octanol–water partition coefficient (Wildman–Crippen LogP) is 2.96. The van der Waals surface area contributed by atoms with Gasteiger partial charge in [0.2, 0.25) is 5.91 Å². The van der Waals surface area contributed by atoms with Crippen LogP contribution in [0, 0.1) is 11.7 Å². The topological polar surface area (TPSA) is 38.3 Å². The fraction of sp³-hybridized carbons (Fsp3) is 0.562. The summed E-state index contributed by atoms with van der Waals surface area (Å²) in [4.78, 5) is 12.2. The molecule has 1 N–H and O–H groups in total. The lowest BCUT2D eigenvalue weighted by molar-refractivity contribution is -0.129. The van der Waals surface area contributed by atoms with E-state index in [1.54, 1.807) is 12.1 Å². The van der Waals surface area contributed by atoms with Crippen molar-refractivity contribution in [2.45, 2.75) is 44.2 Å². The lowest BCUT2D eigenvalue weighted by atomic mass is 9.84. The number of amides is 1. The lowest BCUT2D eigenvalue weighted by Crippen LogP contribution is -2.41. The molecule has 2 fully saturated rings. The highest BCUT2D eigenvalue weighted by Gasteiger charge is 2.32. The number of carbonyl (C=O) groups is 1. The first-order chi connectivity index (χ1) is 9.74. The number of benzene rings is 1. The third kappa shape index (κ3) is 2.85.